The summed E-state index contributed by atoms with van der Waals surface area (Å²) in [6.07, 6.45) is 1.95. The molecule has 0 aromatic heterocycles. The van der Waals surface area contributed by atoms with E-state index in [2.05, 4.69) is 5.32 Å². The van der Waals surface area contributed by atoms with Crippen LogP contribution in [0.15, 0.2) is 12.1 Å². The first-order valence-electron chi connectivity index (χ1n) is 6.34. The molecule has 18 heavy (non-hydrogen) atoms. The molecule has 0 aliphatic heterocycles. The van der Waals surface area contributed by atoms with Gasteiger partial charge in [0.1, 0.15) is 5.75 Å². The molecule has 0 radical (unpaired) electrons. The molecule has 4 nitrogen and oxygen atoms in total. The monoisotopic (exact) mass is 252 g/mol. The van der Waals surface area contributed by atoms with Crippen LogP contribution in [0.5, 0.6) is 5.75 Å². The lowest BCUT2D eigenvalue weighted by Crippen LogP contribution is -2.26. The second-order valence-electron chi connectivity index (χ2n) is 4.68. The maximum Gasteiger partial charge on any atom is 0.118 e. The number of hydrogen-bond acceptors (Lipinski definition) is 4. The lowest BCUT2D eigenvalue weighted by molar-refractivity contribution is 0.182. The minimum Gasteiger partial charge on any atom is -0.508 e. The number of benzene rings is 1. The van der Waals surface area contributed by atoms with Gasteiger partial charge in [-0.2, -0.15) is 0 Å². The quantitative estimate of drug-likeness (QED) is 0.651. The molecule has 0 saturated carbocycles. The molecule has 1 unspecified atom stereocenters. The molecular weight excluding hydrogens is 228 g/mol. The molecule has 0 saturated heterocycles. The van der Waals surface area contributed by atoms with Gasteiger partial charge in [-0.25, -0.2) is 0 Å². The van der Waals surface area contributed by atoms with E-state index < -0.39 is 0 Å². The second kappa shape index (κ2) is 7.24. The fraction of sp³-hybridized carbons (Fsp3) is 0.571. The van der Waals surface area contributed by atoms with E-state index in [9.17, 15) is 5.11 Å². The smallest absolute Gasteiger partial charge is 0.118 e. The summed E-state index contributed by atoms with van der Waals surface area (Å²) < 4.78 is 5.21. The lowest BCUT2D eigenvalue weighted by Gasteiger charge is -2.21. The van der Waals surface area contributed by atoms with Gasteiger partial charge in [0, 0.05) is 18.8 Å². The minimum atomic E-state index is 0.251. The molecular formula is C14H24N2O2. The lowest BCUT2D eigenvalue weighted by atomic mass is 10.1. The number of rotatable bonds is 7. The molecule has 0 heterocycles. The average molecular weight is 252 g/mol. The largest absolute Gasteiger partial charge is 0.508 e. The van der Waals surface area contributed by atoms with Crippen molar-refractivity contribution in [2.24, 2.45) is 5.73 Å². The summed E-state index contributed by atoms with van der Waals surface area (Å²) in [5.41, 5.74) is 8.49. The third kappa shape index (κ3) is 4.20. The highest BCUT2D eigenvalue weighted by atomic mass is 16.5. The van der Waals surface area contributed by atoms with Gasteiger partial charge < -0.3 is 20.9 Å². The van der Waals surface area contributed by atoms with E-state index in [-0.39, 0.29) is 6.04 Å². The Labute approximate surface area is 109 Å². The van der Waals surface area contributed by atoms with Crippen LogP contribution in [-0.2, 0) is 4.74 Å². The van der Waals surface area contributed by atoms with Crippen molar-refractivity contribution in [3.8, 4) is 5.75 Å². The number of hydrogen-bond donors (Lipinski definition) is 3. The molecule has 1 aromatic rings. The topological polar surface area (TPSA) is 67.5 Å². The first kappa shape index (κ1) is 14.8. The number of aryl methyl sites for hydroxylation is 2. The van der Waals surface area contributed by atoms with E-state index in [1.165, 1.54) is 0 Å². The summed E-state index contributed by atoms with van der Waals surface area (Å²) in [6.45, 7) is 5.22. The van der Waals surface area contributed by atoms with Crippen LogP contribution in [0.3, 0.4) is 0 Å². The highest BCUT2D eigenvalue weighted by molar-refractivity contribution is 5.57. The van der Waals surface area contributed by atoms with E-state index in [4.69, 9.17) is 10.5 Å². The van der Waals surface area contributed by atoms with Gasteiger partial charge in [0.05, 0.1) is 6.61 Å². The van der Waals surface area contributed by atoms with Crippen molar-refractivity contribution in [1.29, 1.82) is 0 Å². The third-order valence-corrected chi connectivity index (χ3v) is 3.03. The van der Waals surface area contributed by atoms with Crippen LogP contribution >= 0.6 is 0 Å². The normalized spacial score (nSPS) is 12.4. The molecule has 1 rings (SSSR count). The standard InChI is InChI=1S/C14H24N2O2/c1-10-8-14(17)11(2)7-13(10)16-12(9-18-3)5-4-6-15/h7-8,12,16-17H,4-6,9,15H2,1-3H3. The summed E-state index contributed by atoms with van der Waals surface area (Å²) >= 11 is 0. The fourth-order valence-corrected chi connectivity index (χ4v) is 1.94. The summed E-state index contributed by atoms with van der Waals surface area (Å²) in [5, 5.41) is 13.1. The van der Waals surface area contributed by atoms with Crippen LogP contribution in [0.4, 0.5) is 5.69 Å². The summed E-state index contributed by atoms with van der Waals surface area (Å²) in [6, 6.07) is 4.00. The highest BCUT2D eigenvalue weighted by Gasteiger charge is 2.10. The number of nitrogens with one attached hydrogen (secondary N) is 1. The number of methoxy groups -OCH3 is 1. The van der Waals surface area contributed by atoms with E-state index in [0.717, 1.165) is 29.7 Å². The predicted octanol–water partition coefficient (Wildman–Crippen LogP) is 2.17. The summed E-state index contributed by atoms with van der Waals surface area (Å²) in [4.78, 5) is 0. The van der Waals surface area contributed by atoms with Crippen LogP contribution in [0.2, 0.25) is 0 Å². The van der Waals surface area contributed by atoms with Crippen LogP contribution in [0.1, 0.15) is 24.0 Å². The van der Waals surface area contributed by atoms with Crippen molar-refractivity contribution >= 4 is 5.69 Å². The number of phenols is 1. The zero-order chi connectivity index (χ0) is 13.5. The van der Waals surface area contributed by atoms with Gasteiger partial charge in [-0.3, -0.25) is 0 Å². The summed E-state index contributed by atoms with van der Waals surface area (Å²) in [5.74, 6) is 0.336. The van der Waals surface area contributed by atoms with Gasteiger partial charge >= 0.3 is 0 Å². The Balaban J connectivity index is 2.76. The molecule has 0 bridgehead atoms. The Kier molecular flexibility index (Phi) is 5.95. The highest BCUT2D eigenvalue weighted by Crippen LogP contribution is 2.25. The van der Waals surface area contributed by atoms with Gasteiger partial charge in [0.25, 0.3) is 0 Å². The Morgan fingerprint density at radius 1 is 1.33 bits per heavy atom. The number of aromatic hydroxyl groups is 1. The molecule has 1 aromatic carbocycles. The fourth-order valence-electron chi connectivity index (χ4n) is 1.94. The van der Waals surface area contributed by atoms with Crippen LogP contribution in [-0.4, -0.2) is 31.4 Å². The minimum absolute atomic E-state index is 0.251. The second-order valence-corrected chi connectivity index (χ2v) is 4.68. The third-order valence-electron chi connectivity index (χ3n) is 3.03. The Morgan fingerprint density at radius 2 is 2.06 bits per heavy atom. The van der Waals surface area contributed by atoms with Gasteiger partial charge in [0.2, 0.25) is 0 Å². The summed E-state index contributed by atoms with van der Waals surface area (Å²) in [7, 11) is 1.70. The van der Waals surface area contributed by atoms with Crippen LogP contribution < -0.4 is 11.1 Å². The van der Waals surface area contributed by atoms with E-state index >= 15 is 0 Å². The number of ether oxygens (including phenoxy) is 1. The zero-order valence-electron chi connectivity index (χ0n) is 11.5. The first-order valence-corrected chi connectivity index (χ1v) is 6.34. The van der Waals surface area contributed by atoms with E-state index in [0.29, 0.717) is 18.9 Å². The molecule has 0 amide bonds. The van der Waals surface area contributed by atoms with Gasteiger partial charge in [-0.15, -0.1) is 0 Å². The molecule has 0 fully saturated rings. The maximum absolute atomic E-state index is 9.63. The van der Waals surface area contributed by atoms with E-state index in [1.807, 2.05) is 19.9 Å². The van der Waals surface area contributed by atoms with Gasteiger partial charge in [-0.05, 0) is 56.5 Å². The van der Waals surface area contributed by atoms with Gasteiger partial charge in [0.15, 0.2) is 0 Å². The van der Waals surface area contributed by atoms with Crippen molar-refractivity contribution in [2.45, 2.75) is 32.7 Å². The van der Waals surface area contributed by atoms with Crippen LogP contribution in [0, 0.1) is 13.8 Å². The number of anilines is 1. The molecule has 4 N–H and O–H groups in total. The SMILES string of the molecule is COCC(CCCN)Nc1cc(C)c(O)cc1C. The number of phenolic OH excluding ortho intramolecular Hbond substituents is 1. The molecule has 0 aliphatic carbocycles. The van der Waals surface area contributed by atoms with Crippen LogP contribution in [0.25, 0.3) is 0 Å². The average Bonchev–Trinajstić information content (AvgIpc) is 2.33. The predicted molar refractivity (Wildman–Crippen MR) is 75.2 cm³/mol. The maximum atomic E-state index is 9.63. The Hall–Kier alpha value is -1.26. The Morgan fingerprint density at radius 3 is 2.67 bits per heavy atom. The van der Waals surface area contributed by atoms with Crippen molar-refractivity contribution in [2.75, 3.05) is 25.6 Å². The molecule has 102 valence electrons. The zero-order valence-corrected chi connectivity index (χ0v) is 11.5. The molecule has 1 atom stereocenters. The number of nitrogens with two attached hydrogens (primary N) is 1. The molecule has 0 aliphatic rings. The Bertz CT molecular complexity index is 380. The first-order chi connectivity index (χ1) is 8.58. The van der Waals surface area contributed by atoms with Gasteiger partial charge in [-0.1, -0.05) is 0 Å². The van der Waals surface area contributed by atoms with Crippen molar-refractivity contribution in [3.63, 3.8) is 0 Å². The van der Waals surface area contributed by atoms with Crippen molar-refractivity contribution in [3.05, 3.63) is 23.3 Å². The van der Waals surface area contributed by atoms with Crippen molar-refractivity contribution < 1.29 is 9.84 Å². The molecule has 0 spiro atoms. The van der Waals surface area contributed by atoms with Crippen molar-refractivity contribution in [1.82, 2.24) is 0 Å². The van der Waals surface area contributed by atoms with E-state index in [1.54, 1.807) is 13.2 Å². The molecule has 4 heteroatoms.